The molecule has 0 heterocycles. The van der Waals surface area contributed by atoms with Crippen molar-refractivity contribution in [2.24, 2.45) is 5.84 Å². The fourth-order valence-corrected chi connectivity index (χ4v) is 1.22. The summed E-state index contributed by atoms with van der Waals surface area (Å²) in [6.45, 7) is 4.65. The number of rotatable bonds is 9. The third-order valence-electron chi connectivity index (χ3n) is 1.98. The molecule has 0 aliphatic carbocycles. The molecule has 0 aromatic carbocycles. The van der Waals surface area contributed by atoms with E-state index < -0.39 is 0 Å². The smallest absolute Gasteiger partial charge is 0.00974 e. The lowest BCUT2D eigenvalue weighted by Crippen LogP contribution is -2.22. The van der Waals surface area contributed by atoms with E-state index in [1.165, 1.54) is 44.9 Å². The van der Waals surface area contributed by atoms with Gasteiger partial charge < -0.3 is 0 Å². The summed E-state index contributed by atoms with van der Waals surface area (Å²) in [4.78, 5) is 0. The molecule has 0 saturated heterocycles. The van der Waals surface area contributed by atoms with E-state index >= 15 is 0 Å². The van der Waals surface area contributed by atoms with E-state index in [1.54, 1.807) is 0 Å². The number of hydrogen-bond donors (Lipinski definition) is 2. The summed E-state index contributed by atoms with van der Waals surface area (Å²) in [5.74, 6) is 5.15. The molecule has 0 unspecified atom stereocenters. The van der Waals surface area contributed by atoms with Crippen molar-refractivity contribution in [3.8, 4) is 0 Å². The van der Waals surface area contributed by atoms with Crippen LogP contribution in [0.5, 0.6) is 0 Å². The molecule has 0 saturated carbocycles. The number of hydrogen-bond acceptors (Lipinski definition) is 2. The SMILES string of the molecule is C=CCCCCCCCCNN.Cl. The lowest BCUT2D eigenvalue weighted by molar-refractivity contribution is 0.574. The topological polar surface area (TPSA) is 38.0 Å². The average molecular weight is 207 g/mol. The lowest BCUT2D eigenvalue weighted by Gasteiger charge is -1.99. The fraction of sp³-hybridized carbons (Fsp3) is 0.800. The lowest BCUT2D eigenvalue weighted by atomic mass is 10.1. The molecular weight excluding hydrogens is 184 g/mol. The van der Waals surface area contributed by atoms with Gasteiger partial charge >= 0.3 is 0 Å². The van der Waals surface area contributed by atoms with Gasteiger partial charge in [0, 0.05) is 6.54 Å². The Hall–Kier alpha value is -0.0500. The molecule has 0 aromatic rings. The first-order chi connectivity index (χ1) is 5.91. The normalized spacial score (nSPS) is 9.31. The third-order valence-corrected chi connectivity index (χ3v) is 1.98. The summed E-state index contributed by atoms with van der Waals surface area (Å²) in [5.41, 5.74) is 2.67. The molecule has 0 amide bonds. The number of hydrazine groups is 1. The van der Waals surface area contributed by atoms with Crippen LogP contribution >= 0.6 is 12.4 Å². The highest BCUT2D eigenvalue weighted by Crippen LogP contribution is 2.06. The van der Waals surface area contributed by atoms with Crippen LogP contribution in [-0.2, 0) is 0 Å². The minimum absolute atomic E-state index is 0. The third kappa shape index (κ3) is 14.8. The molecule has 0 aliphatic rings. The second kappa shape index (κ2) is 14.5. The Morgan fingerprint density at radius 1 is 1.00 bits per heavy atom. The zero-order valence-corrected chi connectivity index (χ0v) is 9.24. The van der Waals surface area contributed by atoms with E-state index in [0.29, 0.717) is 0 Å². The molecule has 0 atom stereocenters. The van der Waals surface area contributed by atoms with Crippen molar-refractivity contribution in [2.75, 3.05) is 6.54 Å². The summed E-state index contributed by atoms with van der Waals surface area (Å²) in [6.07, 6.45) is 11.0. The van der Waals surface area contributed by atoms with Crippen LogP contribution in [0, 0.1) is 0 Å². The van der Waals surface area contributed by atoms with Crippen LogP contribution in [0.2, 0.25) is 0 Å². The van der Waals surface area contributed by atoms with Crippen LogP contribution in [0.25, 0.3) is 0 Å². The summed E-state index contributed by atoms with van der Waals surface area (Å²) in [6, 6.07) is 0. The summed E-state index contributed by atoms with van der Waals surface area (Å²) in [7, 11) is 0. The number of halogens is 1. The Bertz CT molecular complexity index is 96.9. The predicted molar refractivity (Wildman–Crippen MR) is 62.0 cm³/mol. The average Bonchev–Trinajstić information content (AvgIpc) is 2.10. The van der Waals surface area contributed by atoms with E-state index in [0.717, 1.165) is 6.54 Å². The quantitative estimate of drug-likeness (QED) is 0.264. The minimum Gasteiger partial charge on any atom is -0.271 e. The summed E-state index contributed by atoms with van der Waals surface area (Å²) >= 11 is 0. The van der Waals surface area contributed by atoms with Crippen LogP contribution in [0.15, 0.2) is 12.7 Å². The highest BCUT2D eigenvalue weighted by atomic mass is 35.5. The monoisotopic (exact) mass is 206 g/mol. The molecule has 0 aliphatic heterocycles. The Balaban J connectivity index is 0. The van der Waals surface area contributed by atoms with Crippen LogP contribution < -0.4 is 11.3 Å². The number of allylic oxidation sites excluding steroid dienone is 1. The molecule has 13 heavy (non-hydrogen) atoms. The van der Waals surface area contributed by atoms with E-state index in [2.05, 4.69) is 12.0 Å². The van der Waals surface area contributed by atoms with E-state index in [4.69, 9.17) is 5.84 Å². The standard InChI is InChI=1S/C10H22N2.ClH/c1-2-3-4-5-6-7-8-9-10-12-11;/h2,12H,1,3-11H2;1H. The second-order valence-corrected chi connectivity index (χ2v) is 3.15. The highest BCUT2D eigenvalue weighted by molar-refractivity contribution is 5.85. The highest BCUT2D eigenvalue weighted by Gasteiger charge is 1.89. The Labute approximate surface area is 88.3 Å². The maximum Gasteiger partial charge on any atom is 0.00974 e. The van der Waals surface area contributed by atoms with Gasteiger partial charge in [-0.2, -0.15) is 0 Å². The maximum atomic E-state index is 5.15. The van der Waals surface area contributed by atoms with Gasteiger partial charge in [-0.1, -0.05) is 31.8 Å². The molecule has 80 valence electrons. The first-order valence-electron chi connectivity index (χ1n) is 4.96. The second-order valence-electron chi connectivity index (χ2n) is 3.15. The van der Waals surface area contributed by atoms with Gasteiger partial charge in [0.1, 0.15) is 0 Å². The van der Waals surface area contributed by atoms with Gasteiger partial charge in [0.25, 0.3) is 0 Å². The first-order valence-corrected chi connectivity index (χ1v) is 4.96. The number of nitrogens with one attached hydrogen (secondary N) is 1. The van der Waals surface area contributed by atoms with Gasteiger partial charge in [0.2, 0.25) is 0 Å². The van der Waals surface area contributed by atoms with E-state index in [1.807, 2.05) is 6.08 Å². The fourth-order valence-electron chi connectivity index (χ4n) is 1.22. The predicted octanol–water partition coefficient (Wildman–Crippen LogP) is 2.79. The van der Waals surface area contributed by atoms with Crippen LogP contribution in [-0.4, -0.2) is 6.54 Å². The van der Waals surface area contributed by atoms with Crippen molar-refractivity contribution in [2.45, 2.75) is 44.9 Å². The van der Waals surface area contributed by atoms with Gasteiger partial charge in [-0.15, -0.1) is 19.0 Å². The van der Waals surface area contributed by atoms with Gasteiger partial charge in [0.05, 0.1) is 0 Å². The van der Waals surface area contributed by atoms with Crippen molar-refractivity contribution in [1.82, 2.24) is 5.43 Å². The van der Waals surface area contributed by atoms with Crippen LogP contribution in [0.1, 0.15) is 44.9 Å². The molecule has 0 spiro atoms. The van der Waals surface area contributed by atoms with Crippen molar-refractivity contribution in [3.05, 3.63) is 12.7 Å². The first kappa shape index (κ1) is 15.4. The van der Waals surface area contributed by atoms with Crippen molar-refractivity contribution >= 4 is 12.4 Å². The molecular formula is C10H23ClN2. The van der Waals surface area contributed by atoms with Crippen LogP contribution in [0.4, 0.5) is 0 Å². The number of unbranched alkanes of at least 4 members (excludes halogenated alkanes) is 6. The largest absolute Gasteiger partial charge is 0.271 e. The van der Waals surface area contributed by atoms with Gasteiger partial charge in [0.15, 0.2) is 0 Å². The molecule has 3 heteroatoms. The summed E-state index contributed by atoms with van der Waals surface area (Å²) < 4.78 is 0. The van der Waals surface area contributed by atoms with Crippen molar-refractivity contribution < 1.29 is 0 Å². The number of nitrogens with two attached hydrogens (primary N) is 1. The van der Waals surface area contributed by atoms with Crippen LogP contribution in [0.3, 0.4) is 0 Å². The Morgan fingerprint density at radius 2 is 1.54 bits per heavy atom. The molecule has 0 bridgehead atoms. The van der Waals surface area contributed by atoms with E-state index in [9.17, 15) is 0 Å². The van der Waals surface area contributed by atoms with Gasteiger partial charge in [-0.25, -0.2) is 0 Å². The van der Waals surface area contributed by atoms with Crippen molar-refractivity contribution in [1.29, 1.82) is 0 Å². The zero-order chi connectivity index (χ0) is 9.07. The Morgan fingerprint density at radius 3 is 2.08 bits per heavy atom. The molecule has 3 N–H and O–H groups in total. The van der Waals surface area contributed by atoms with Gasteiger partial charge in [-0.3, -0.25) is 11.3 Å². The van der Waals surface area contributed by atoms with E-state index in [-0.39, 0.29) is 12.4 Å². The molecule has 0 fully saturated rings. The molecule has 0 radical (unpaired) electrons. The Kier molecular flexibility index (Phi) is 17.2. The molecule has 0 rings (SSSR count). The van der Waals surface area contributed by atoms with Crippen molar-refractivity contribution in [3.63, 3.8) is 0 Å². The molecule has 0 aromatic heterocycles. The minimum atomic E-state index is 0. The summed E-state index contributed by atoms with van der Waals surface area (Å²) in [5, 5.41) is 0. The maximum absolute atomic E-state index is 5.15. The van der Waals surface area contributed by atoms with Gasteiger partial charge in [-0.05, 0) is 19.3 Å². The zero-order valence-electron chi connectivity index (χ0n) is 8.43. The molecule has 2 nitrogen and oxygen atoms in total.